The number of thiophene rings is 1. The Kier molecular flexibility index (Phi) is 3.31. The molecule has 2 aromatic rings. The molecule has 0 bridgehead atoms. The molecule has 2 heterocycles. The van der Waals surface area contributed by atoms with Crippen molar-refractivity contribution in [3.63, 3.8) is 0 Å². The van der Waals surface area contributed by atoms with Crippen molar-refractivity contribution >= 4 is 28.0 Å². The molecule has 0 aliphatic heterocycles. The number of nitrogens with zero attached hydrogens (tertiary/aromatic N) is 3. The van der Waals surface area contributed by atoms with Crippen LogP contribution in [0.4, 0.5) is 16.6 Å². The average Bonchev–Trinajstić information content (AvgIpc) is 2.80. The lowest BCUT2D eigenvalue weighted by atomic mass is 10.5. The van der Waals surface area contributed by atoms with Crippen LogP contribution in [0.1, 0.15) is 0 Å². The van der Waals surface area contributed by atoms with E-state index in [1.54, 1.807) is 17.4 Å². The molecule has 2 aromatic heterocycles. The van der Waals surface area contributed by atoms with Crippen LogP contribution in [0.2, 0.25) is 0 Å². The van der Waals surface area contributed by atoms with Gasteiger partial charge in [-0.3, -0.25) is 0 Å². The van der Waals surface area contributed by atoms with Crippen LogP contribution in [0.25, 0.3) is 0 Å². The van der Waals surface area contributed by atoms with Crippen LogP contribution >= 0.6 is 11.3 Å². The smallest absolute Gasteiger partial charge is 0.136 e. The van der Waals surface area contributed by atoms with E-state index in [1.165, 1.54) is 6.33 Å². The van der Waals surface area contributed by atoms with Crippen molar-refractivity contribution in [3.05, 3.63) is 29.9 Å². The predicted molar refractivity (Wildman–Crippen MR) is 63.7 cm³/mol. The summed E-state index contributed by atoms with van der Waals surface area (Å²) in [5.74, 6) is 1.34. The zero-order valence-corrected chi connectivity index (χ0v) is 9.16. The van der Waals surface area contributed by atoms with Gasteiger partial charge in [-0.15, -0.1) is 11.3 Å². The number of hydrogen-bond acceptors (Lipinski definition) is 6. The van der Waals surface area contributed by atoms with Gasteiger partial charge in [0.05, 0.1) is 11.1 Å². The number of aromatic nitrogens is 2. The number of nitrogens with one attached hydrogen (secondary N) is 2. The maximum Gasteiger partial charge on any atom is 0.136 e. The molecule has 0 amide bonds. The first-order valence-electron chi connectivity index (χ1n) is 4.62. The molecule has 80 valence electrons. The van der Waals surface area contributed by atoms with E-state index in [1.807, 2.05) is 23.6 Å². The first-order chi connectivity index (χ1) is 7.88. The molecule has 2 rings (SSSR count). The van der Waals surface area contributed by atoms with Crippen molar-refractivity contribution in [2.45, 2.75) is 0 Å². The summed E-state index contributed by atoms with van der Waals surface area (Å²) in [6.45, 7) is 0.232. The van der Waals surface area contributed by atoms with Crippen LogP contribution in [-0.2, 0) is 0 Å². The van der Waals surface area contributed by atoms with E-state index < -0.39 is 0 Å². The third-order valence-electron chi connectivity index (χ3n) is 1.79. The highest BCUT2D eigenvalue weighted by molar-refractivity contribution is 7.14. The van der Waals surface area contributed by atoms with E-state index in [0.717, 1.165) is 5.00 Å². The van der Waals surface area contributed by atoms with Gasteiger partial charge >= 0.3 is 0 Å². The molecule has 0 radical (unpaired) electrons. The minimum Gasteiger partial charge on any atom is -0.357 e. The molecule has 16 heavy (non-hydrogen) atoms. The summed E-state index contributed by atoms with van der Waals surface area (Å²) in [5.41, 5.74) is 0. The van der Waals surface area contributed by atoms with Gasteiger partial charge in [0.25, 0.3) is 0 Å². The van der Waals surface area contributed by atoms with E-state index in [4.69, 9.17) is 5.26 Å². The maximum absolute atomic E-state index is 8.43. The summed E-state index contributed by atoms with van der Waals surface area (Å²) in [6.07, 6.45) is 1.45. The Morgan fingerprint density at radius 3 is 3.00 bits per heavy atom. The van der Waals surface area contributed by atoms with Gasteiger partial charge in [0, 0.05) is 6.07 Å². The Bertz CT molecular complexity index is 488. The topological polar surface area (TPSA) is 73.6 Å². The zero-order chi connectivity index (χ0) is 11.2. The molecule has 0 aromatic carbocycles. The molecule has 0 spiro atoms. The SMILES string of the molecule is N#CCNc1cc(Nc2cccs2)ncn1. The lowest BCUT2D eigenvalue weighted by Crippen LogP contribution is -2.02. The quantitative estimate of drug-likeness (QED) is 0.789. The monoisotopic (exact) mass is 231 g/mol. The second-order valence-corrected chi connectivity index (χ2v) is 3.85. The third-order valence-corrected chi connectivity index (χ3v) is 2.57. The molecule has 0 aliphatic rings. The van der Waals surface area contributed by atoms with Crippen molar-refractivity contribution < 1.29 is 0 Å². The molecule has 0 aliphatic carbocycles. The molecule has 6 heteroatoms. The van der Waals surface area contributed by atoms with Crippen molar-refractivity contribution in [1.82, 2.24) is 9.97 Å². The summed E-state index contributed by atoms with van der Waals surface area (Å²) in [7, 11) is 0. The molecular formula is C10H9N5S. The Hall–Kier alpha value is -2.13. The minimum atomic E-state index is 0.232. The summed E-state index contributed by atoms with van der Waals surface area (Å²) < 4.78 is 0. The van der Waals surface area contributed by atoms with Crippen molar-refractivity contribution in [1.29, 1.82) is 5.26 Å². The molecule has 0 unspecified atom stereocenters. The van der Waals surface area contributed by atoms with E-state index in [-0.39, 0.29) is 6.54 Å². The Morgan fingerprint density at radius 2 is 2.25 bits per heavy atom. The van der Waals surface area contributed by atoms with Gasteiger partial charge in [0.15, 0.2) is 0 Å². The molecule has 0 atom stereocenters. The molecule has 0 fully saturated rings. The van der Waals surface area contributed by atoms with Crippen molar-refractivity contribution in [2.75, 3.05) is 17.2 Å². The van der Waals surface area contributed by atoms with Crippen LogP contribution in [0.15, 0.2) is 29.9 Å². The fourth-order valence-corrected chi connectivity index (χ4v) is 1.75. The first kappa shape index (κ1) is 10.4. The van der Waals surface area contributed by atoms with E-state index in [0.29, 0.717) is 11.6 Å². The predicted octanol–water partition coefficient (Wildman–Crippen LogP) is 2.22. The minimum absolute atomic E-state index is 0.232. The number of hydrogen-bond donors (Lipinski definition) is 2. The van der Waals surface area contributed by atoms with Gasteiger partial charge in [-0.25, -0.2) is 9.97 Å². The van der Waals surface area contributed by atoms with Crippen LogP contribution in [0, 0.1) is 11.3 Å². The number of rotatable bonds is 4. The Labute approximate surface area is 96.8 Å². The van der Waals surface area contributed by atoms with Crippen molar-refractivity contribution in [3.8, 4) is 6.07 Å². The standard InChI is InChI=1S/C10H9N5S/c11-3-4-12-8-6-9(14-7-13-8)15-10-2-1-5-16-10/h1-2,5-7H,4H2,(H2,12,13,14,15). The summed E-state index contributed by atoms with van der Waals surface area (Å²) in [4.78, 5) is 8.08. The highest BCUT2D eigenvalue weighted by Gasteiger charge is 1.99. The van der Waals surface area contributed by atoms with Gasteiger partial charge in [0.1, 0.15) is 24.5 Å². The molecular weight excluding hydrogens is 222 g/mol. The highest BCUT2D eigenvalue weighted by atomic mass is 32.1. The molecule has 0 saturated heterocycles. The Morgan fingerprint density at radius 1 is 1.38 bits per heavy atom. The van der Waals surface area contributed by atoms with Crippen LogP contribution in [-0.4, -0.2) is 16.5 Å². The van der Waals surface area contributed by atoms with Crippen molar-refractivity contribution in [2.24, 2.45) is 0 Å². The van der Waals surface area contributed by atoms with Gasteiger partial charge in [-0.05, 0) is 17.5 Å². The zero-order valence-electron chi connectivity index (χ0n) is 8.34. The van der Waals surface area contributed by atoms with Gasteiger partial charge < -0.3 is 10.6 Å². The normalized spacial score (nSPS) is 9.44. The van der Waals surface area contributed by atoms with E-state index in [9.17, 15) is 0 Å². The molecule has 5 nitrogen and oxygen atoms in total. The second kappa shape index (κ2) is 5.09. The fourth-order valence-electron chi connectivity index (χ4n) is 1.13. The first-order valence-corrected chi connectivity index (χ1v) is 5.50. The van der Waals surface area contributed by atoms with Gasteiger partial charge in [0.2, 0.25) is 0 Å². The van der Waals surface area contributed by atoms with Crippen LogP contribution < -0.4 is 10.6 Å². The van der Waals surface area contributed by atoms with E-state index in [2.05, 4.69) is 20.6 Å². The summed E-state index contributed by atoms with van der Waals surface area (Å²) in [5, 5.41) is 17.4. The van der Waals surface area contributed by atoms with Gasteiger partial charge in [-0.2, -0.15) is 5.26 Å². The van der Waals surface area contributed by atoms with Gasteiger partial charge in [-0.1, -0.05) is 0 Å². The van der Waals surface area contributed by atoms with Crippen LogP contribution in [0.3, 0.4) is 0 Å². The molecule has 2 N–H and O–H groups in total. The second-order valence-electron chi connectivity index (χ2n) is 2.90. The highest BCUT2D eigenvalue weighted by Crippen LogP contribution is 2.20. The summed E-state index contributed by atoms with van der Waals surface area (Å²) in [6, 6.07) is 7.68. The Balaban J connectivity index is 2.07. The van der Waals surface area contributed by atoms with E-state index >= 15 is 0 Å². The lowest BCUT2D eigenvalue weighted by molar-refractivity contribution is 1.14. The maximum atomic E-state index is 8.43. The largest absolute Gasteiger partial charge is 0.357 e. The number of anilines is 3. The fraction of sp³-hybridized carbons (Fsp3) is 0.100. The van der Waals surface area contributed by atoms with Crippen LogP contribution in [0.5, 0.6) is 0 Å². The summed E-state index contributed by atoms with van der Waals surface area (Å²) >= 11 is 1.60. The molecule has 0 saturated carbocycles. The lowest BCUT2D eigenvalue weighted by Gasteiger charge is -2.04. The number of nitriles is 1. The third kappa shape index (κ3) is 2.68. The average molecular weight is 231 g/mol.